The van der Waals surface area contributed by atoms with Gasteiger partial charge in [-0.05, 0) is 49.2 Å². The Morgan fingerprint density at radius 2 is 2.07 bits per heavy atom. The number of nitrogens with zero attached hydrogens (tertiary/aromatic N) is 3. The van der Waals surface area contributed by atoms with Crippen LogP contribution in [0.25, 0.3) is 11.0 Å². The zero-order valence-corrected chi connectivity index (χ0v) is 16.7. The lowest BCUT2D eigenvalue weighted by atomic mass is 9.94. The second-order valence-electron chi connectivity index (χ2n) is 7.79. The molecule has 28 heavy (non-hydrogen) atoms. The summed E-state index contributed by atoms with van der Waals surface area (Å²) in [4.78, 5) is 24.4. The van der Waals surface area contributed by atoms with Crippen molar-refractivity contribution in [1.29, 1.82) is 0 Å². The maximum absolute atomic E-state index is 12.6. The number of imidazole rings is 1. The number of aromatic amines is 1. The fourth-order valence-corrected chi connectivity index (χ4v) is 3.83. The number of aromatic nitrogens is 2. The molecular formula is C22H27N5O. The van der Waals surface area contributed by atoms with Crippen LogP contribution >= 0.6 is 0 Å². The lowest BCUT2D eigenvalue weighted by molar-refractivity contribution is 0.186. The van der Waals surface area contributed by atoms with E-state index in [1.54, 1.807) is 11.9 Å². The molecule has 0 aliphatic carbocycles. The minimum atomic E-state index is -0.0797. The lowest BCUT2D eigenvalue weighted by Crippen LogP contribution is -2.48. The van der Waals surface area contributed by atoms with Crippen LogP contribution in [0.1, 0.15) is 22.5 Å². The van der Waals surface area contributed by atoms with E-state index in [0.29, 0.717) is 19.1 Å². The summed E-state index contributed by atoms with van der Waals surface area (Å²) in [6.45, 7) is 4.06. The third-order valence-electron chi connectivity index (χ3n) is 5.53. The Morgan fingerprint density at radius 1 is 1.29 bits per heavy atom. The van der Waals surface area contributed by atoms with E-state index >= 15 is 0 Å². The quantitative estimate of drug-likeness (QED) is 0.734. The highest BCUT2D eigenvalue weighted by molar-refractivity contribution is 5.76. The normalized spacial score (nSPS) is 16.8. The van der Waals surface area contributed by atoms with Crippen LogP contribution in [-0.4, -0.2) is 52.5 Å². The number of fused-ring (bicyclic) bond motifs is 2. The van der Waals surface area contributed by atoms with Gasteiger partial charge >= 0.3 is 6.03 Å². The standard InChI is InChI=1S/C22H27N5O/c1-15-8-9-19-20(10-15)25-21(24-19)14-27(3)22(28)23-12-18-11-16-6-4-5-7-17(16)13-26(18)2/h4-10,18H,11-14H2,1-3H3,(H,23,28)(H,24,25). The Balaban J connectivity index is 1.34. The zero-order valence-electron chi connectivity index (χ0n) is 16.7. The summed E-state index contributed by atoms with van der Waals surface area (Å²) in [7, 11) is 3.92. The minimum Gasteiger partial charge on any atom is -0.340 e. The number of carbonyl (C=O) groups is 1. The third kappa shape index (κ3) is 3.87. The fourth-order valence-electron chi connectivity index (χ4n) is 3.83. The van der Waals surface area contributed by atoms with Gasteiger partial charge in [-0.1, -0.05) is 30.3 Å². The van der Waals surface area contributed by atoms with E-state index in [9.17, 15) is 4.79 Å². The van der Waals surface area contributed by atoms with Crippen LogP contribution in [-0.2, 0) is 19.5 Å². The van der Waals surface area contributed by atoms with Crippen LogP contribution in [0.5, 0.6) is 0 Å². The van der Waals surface area contributed by atoms with E-state index in [-0.39, 0.29) is 6.03 Å². The van der Waals surface area contributed by atoms with Crippen molar-refractivity contribution in [3.8, 4) is 0 Å². The van der Waals surface area contributed by atoms with Crippen molar-refractivity contribution in [3.63, 3.8) is 0 Å². The first-order valence-corrected chi connectivity index (χ1v) is 9.71. The van der Waals surface area contributed by atoms with Gasteiger partial charge in [-0.25, -0.2) is 9.78 Å². The summed E-state index contributed by atoms with van der Waals surface area (Å²) in [5.74, 6) is 0.793. The van der Waals surface area contributed by atoms with E-state index in [0.717, 1.165) is 29.8 Å². The summed E-state index contributed by atoms with van der Waals surface area (Å²) >= 11 is 0. The summed E-state index contributed by atoms with van der Waals surface area (Å²) in [5.41, 5.74) is 5.88. The Morgan fingerprint density at radius 3 is 2.89 bits per heavy atom. The molecule has 0 bridgehead atoms. The van der Waals surface area contributed by atoms with Gasteiger partial charge in [0, 0.05) is 26.2 Å². The molecule has 1 unspecified atom stereocenters. The summed E-state index contributed by atoms with van der Waals surface area (Å²) < 4.78 is 0. The Kier molecular flexibility index (Phi) is 5.05. The van der Waals surface area contributed by atoms with E-state index in [4.69, 9.17) is 0 Å². The molecule has 1 aliphatic rings. The molecule has 4 rings (SSSR count). The van der Waals surface area contributed by atoms with Crippen LogP contribution in [0.2, 0.25) is 0 Å². The number of urea groups is 1. The summed E-state index contributed by atoms with van der Waals surface area (Å²) in [6.07, 6.45) is 0.958. The highest BCUT2D eigenvalue weighted by Gasteiger charge is 2.24. The number of aryl methyl sites for hydroxylation is 1. The van der Waals surface area contributed by atoms with Crippen molar-refractivity contribution in [2.45, 2.75) is 32.5 Å². The minimum absolute atomic E-state index is 0.0797. The third-order valence-corrected chi connectivity index (χ3v) is 5.53. The molecular weight excluding hydrogens is 350 g/mol. The predicted octanol–water partition coefficient (Wildman–Crippen LogP) is 3.07. The molecule has 0 saturated heterocycles. The monoisotopic (exact) mass is 377 g/mol. The van der Waals surface area contributed by atoms with Crippen molar-refractivity contribution in [2.75, 3.05) is 20.6 Å². The van der Waals surface area contributed by atoms with Gasteiger partial charge in [0.05, 0.1) is 17.6 Å². The van der Waals surface area contributed by atoms with Gasteiger partial charge < -0.3 is 15.2 Å². The highest BCUT2D eigenvalue weighted by atomic mass is 16.2. The molecule has 0 radical (unpaired) electrons. The molecule has 0 saturated carbocycles. The number of hydrogen-bond donors (Lipinski definition) is 2. The topological polar surface area (TPSA) is 64.3 Å². The number of amides is 2. The molecule has 3 aromatic rings. The van der Waals surface area contributed by atoms with Crippen molar-refractivity contribution in [3.05, 3.63) is 65.0 Å². The van der Waals surface area contributed by atoms with Gasteiger partial charge in [0.15, 0.2) is 0 Å². The molecule has 2 heterocycles. The lowest BCUT2D eigenvalue weighted by Gasteiger charge is -2.34. The molecule has 2 N–H and O–H groups in total. The number of rotatable bonds is 4. The van der Waals surface area contributed by atoms with Gasteiger partial charge in [-0.3, -0.25) is 4.90 Å². The first-order chi connectivity index (χ1) is 13.5. The Hall–Kier alpha value is -2.86. The van der Waals surface area contributed by atoms with Gasteiger partial charge in [0.25, 0.3) is 0 Å². The van der Waals surface area contributed by atoms with E-state index in [1.165, 1.54) is 16.7 Å². The Labute approximate surface area is 165 Å². The molecule has 0 fully saturated rings. The van der Waals surface area contributed by atoms with E-state index < -0.39 is 0 Å². The average molecular weight is 377 g/mol. The number of nitrogens with one attached hydrogen (secondary N) is 2. The molecule has 6 nitrogen and oxygen atoms in total. The molecule has 1 aromatic heterocycles. The van der Waals surface area contributed by atoms with Crippen molar-refractivity contribution in [2.24, 2.45) is 0 Å². The molecule has 1 aliphatic heterocycles. The largest absolute Gasteiger partial charge is 0.340 e. The predicted molar refractivity (Wildman–Crippen MR) is 111 cm³/mol. The van der Waals surface area contributed by atoms with Crippen LogP contribution in [0.15, 0.2) is 42.5 Å². The first-order valence-electron chi connectivity index (χ1n) is 9.71. The zero-order chi connectivity index (χ0) is 19.7. The molecule has 2 amide bonds. The molecule has 2 aromatic carbocycles. The fraction of sp³-hybridized carbons (Fsp3) is 0.364. The van der Waals surface area contributed by atoms with Crippen LogP contribution in [0, 0.1) is 6.92 Å². The highest BCUT2D eigenvalue weighted by Crippen LogP contribution is 2.21. The Bertz CT molecular complexity index is 996. The van der Waals surface area contributed by atoms with Crippen LogP contribution in [0.4, 0.5) is 4.79 Å². The summed E-state index contributed by atoms with van der Waals surface area (Å²) in [5, 5.41) is 3.08. The van der Waals surface area contributed by atoms with E-state index in [2.05, 4.69) is 64.5 Å². The van der Waals surface area contributed by atoms with Crippen molar-refractivity contribution >= 4 is 17.1 Å². The van der Waals surface area contributed by atoms with Gasteiger partial charge in [0.1, 0.15) is 5.82 Å². The average Bonchev–Trinajstić information content (AvgIpc) is 3.07. The smallest absolute Gasteiger partial charge is 0.317 e. The second kappa shape index (κ2) is 7.64. The van der Waals surface area contributed by atoms with E-state index in [1.807, 2.05) is 12.1 Å². The number of H-pyrrole nitrogens is 1. The van der Waals surface area contributed by atoms with Crippen molar-refractivity contribution < 1.29 is 4.79 Å². The van der Waals surface area contributed by atoms with Gasteiger partial charge in [0.2, 0.25) is 0 Å². The van der Waals surface area contributed by atoms with Crippen LogP contribution < -0.4 is 5.32 Å². The van der Waals surface area contributed by atoms with Crippen LogP contribution in [0.3, 0.4) is 0 Å². The molecule has 1 atom stereocenters. The van der Waals surface area contributed by atoms with Crippen molar-refractivity contribution in [1.82, 2.24) is 25.1 Å². The molecule has 146 valence electrons. The molecule has 6 heteroatoms. The number of likely N-dealkylation sites (N-methyl/N-ethyl adjacent to an activating group) is 1. The maximum Gasteiger partial charge on any atom is 0.317 e. The summed E-state index contributed by atoms with van der Waals surface area (Å²) in [6, 6.07) is 14.9. The SMILES string of the molecule is Cc1ccc2nc(CN(C)C(=O)NCC3Cc4ccccc4CN3C)[nH]c2c1. The first kappa shape index (κ1) is 18.5. The number of hydrogen-bond acceptors (Lipinski definition) is 3. The second-order valence-corrected chi connectivity index (χ2v) is 7.79. The van der Waals surface area contributed by atoms with Gasteiger partial charge in [-0.15, -0.1) is 0 Å². The number of carbonyl (C=O) groups excluding carboxylic acids is 1. The number of benzene rings is 2. The molecule has 0 spiro atoms. The van der Waals surface area contributed by atoms with Gasteiger partial charge in [-0.2, -0.15) is 0 Å². The maximum atomic E-state index is 12.6.